The molecule has 1 atom stereocenters. The highest BCUT2D eigenvalue weighted by Crippen LogP contribution is 2.21. The second-order valence-electron chi connectivity index (χ2n) is 3.86. The first kappa shape index (κ1) is 12.3. The quantitative estimate of drug-likeness (QED) is 0.940. The molecule has 0 aliphatic carbocycles. The molecule has 4 nitrogen and oxygen atoms in total. The van der Waals surface area contributed by atoms with E-state index in [2.05, 4.69) is 33.0 Å². The van der Waals surface area contributed by atoms with Crippen LogP contribution in [-0.4, -0.2) is 10.1 Å². The van der Waals surface area contributed by atoms with Crippen LogP contribution in [0.25, 0.3) is 11.4 Å². The lowest BCUT2D eigenvalue weighted by Crippen LogP contribution is -2.09. The van der Waals surface area contributed by atoms with Crippen molar-refractivity contribution >= 4 is 15.9 Å². The molecule has 0 unspecified atom stereocenters. The molecule has 1 aromatic carbocycles. The molecule has 1 aromatic heterocycles. The lowest BCUT2D eigenvalue weighted by Gasteiger charge is -2.02. The normalized spacial score (nSPS) is 12.6. The Morgan fingerprint density at radius 1 is 1.35 bits per heavy atom. The zero-order chi connectivity index (χ0) is 12.3. The maximum Gasteiger partial charge on any atom is 0.243 e. The van der Waals surface area contributed by atoms with E-state index in [1.165, 1.54) is 0 Å². The van der Waals surface area contributed by atoms with Gasteiger partial charge in [-0.3, -0.25) is 0 Å². The zero-order valence-electron chi connectivity index (χ0n) is 9.56. The molecule has 0 amide bonds. The number of benzene rings is 1. The van der Waals surface area contributed by atoms with Crippen molar-refractivity contribution < 1.29 is 4.52 Å². The third-order valence-electron chi connectivity index (χ3n) is 2.46. The Labute approximate surface area is 108 Å². The van der Waals surface area contributed by atoms with Gasteiger partial charge in [0.1, 0.15) is 0 Å². The summed E-state index contributed by atoms with van der Waals surface area (Å²) in [4.78, 5) is 4.31. The van der Waals surface area contributed by atoms with E-state index < -0.39 is 0 Å². The van der Waals surface area contributed by atoms with Crippen molar-refractivity contribution in [1.82, 2.24) is 10.1 Å². The molecule has 5 heteroatoms. The Hall–Kier alpha value is -1.20. The van der Waals surface area contributed by atoms with Crippen LogP contribution in [0.5, 0.6) is 0 Å². The Balaban J connectivity index is 2.20. The van der Waals surface area contributed by atoms with Crippen LogP contribution in [0.2, 0.25) is 0 Å². The lowest BCUT2D eigenvalue weighted by atomic mass is 10.2. The van der Waals surface area contributed by atoms with Gasteiger partial charge in [-0.05, 0) is 30.7 Å². The Kier molecular flexibility index (Phi) is 3.91. The number of nitrogens with two attached hydrogens (primary N) is 1. The molecule has 2 aromatic rings. The van der Waals surface area contributed by atoms with E-state index in [-0.39, 0.29) is 6.04 Å². The minimum atomic E-state index is -0.170. The predicted molar refractivity (Wildman–Crippen MR) is 69.3 cm³/mol. The highest BCUT2D eigenvalue weighted by atomic mass is 79.9. The summed E-state index contributed by atoms with van der Waals surface area (Å²) in [6.07, 6.45) is 1.85. The number of hydrogen-bond acceptors (Lipinski definition) is 4. The first-order valence-corrected chi connectivity index (χ1v) is 6.35. The Morgan fingerprint density at radius 3 is 2.71 bits per heavy atom. The van der Waals surface area contributed by atoms with Crippen molar-refractivity contribution in [3.8, 4) is 11.4 Å². The molecule has 0 saturated heterocycles. The van der Waals surface area contributed by atoms with Crippen molar-refractivity contribution in [3.05, 3.63) is 34.6 Å². The van der Waals surface area contributed by atoms with Gasteiger partial charge in [0.2, 0.25) is 11.7 Å². The third kappa shape index (κ3) is 2.92. The average Bonchev–Trinajstić information content (AvgIpc) is 2.80. The molecule has 0 saturated carbocycles. The van der Waals surface area contributed by atoms with Crippen LogP contribution in [0.1, 0.15) is 31.7 Å². The van der Waals surface area contributed by atoms with Crippen LogP contribution in [0.3, 0.4) is 0 Å². The molecule has 0 aliphatic rings. The van der Waals surface area contributed by atoms with E-state index in [1.54, 1.807) is 0 Å². The molecule has 1 heterocycles. The maximum atomic E-state index is 5.92. The summed E-state index contributed by atoms with van der Waals surface area (Å²) in [5, 5.41) is 3.94. The van der Waals surface area contributed by atoms with Gasteiger partial charge in [0.25, 0.3) is 0 Å². The molecule has 17 heavy (non-hydrogen) atoms. The van der Waals surface area contributed by atoms with E-state index in [1.807, 2.05) is 24.3 Å². The summed E-state index contributed by atoms with van der Waals surface area (Å²) < 4.78 is 6.19. The second-order valence-corrected chi connectivity index (χ2v) is 4.77. The van der Waals surface area contributed by atoms with Crippen molar-refractivity contribution in [1.29, 1.82) is 0 Å². The highest BCUT2D eigenvalue weighted by Gasteiger charge is 2.14. The third-order valence-corrected chi connectivity index (χ3v) is 2.99. The summed E-state index contributed by atoms with van der Waals surface area (Å²) >= 11 is 3.38. The molecule has 0 bridgehead atoms. The van der Waals surface area contributed by atoms with E-state index in [0.29, 0.717) is 11.7 Å². The summed E-state index contributed by atoms with van der Waals surface area (Å²) in [6.45, 7) is 2.08. The van der Waals surface area contributed by atoms with Crippen LogP contribution >= 0.6 is 15.9 Å². The highest BCUT2D eigenvalue weighted by molar-refractivity contribution is 9.10. The van der Waals surface area contributed by atoms with Gasteiger partial charge in [-0.2, -0.15) is 4.98 Å². The van der Waals surface area contributed by atoms with Gasteiger partial charge in [-0.1, -0.05) is 34.4 Å². The largest absolute Gasteiger partial charge is 0.337 e. The van der Waals surface area contributed by atoms with Gasteiger partial charge in [0.05, 0.1) is 6.04 Å². The number of nitrogens with zero attached hydrogens (tertiary/aromatic N) is 2. The van der Waals surface area contributed by atoms with Gasteiger partial charge in [0.15, 0.2) is 0 Å². The summed E-state index contributed by atoms with van der Waals surface area (Å²) in [5.74, 6) is 1.09. The molecule has 0 spiro atoms. The van der Waals surface area contributed by atoms with Crippen molar-refractivity contribution in [2.24, 2.45) is 5.73 Å². The number of hydrogen-bond donors (Lipinski definition) is 1. The summed E-state index contributed by atoms with van der Waals surface area (Å²) in [6, 6.07) is 7.58. The lowest BCUT2D eigenvalue weighted by molar-refractivity contribution is 0.348. The average molecular weight is 296 g/mol. The maximum absolute atomic E-state index is 5.92. The molecular weight excluding hydrogens is 282 g/mol. The van der Waals surface area contributed by atoms with Crippen LogP contribution in [0, 0.1) is 0 Å². The van der Waals surface area contributed by atoms with Crippen LogP contribution in [0.15, 0.2) is 33.3 Å². The predicted octanol–water partition coefficient (Wildman–Crippen LogP) is 3.30. The second kappa shape index (κ2) is 5.42. The van der Waals surface area contributed by atoms with Gasteiger partial charge >= 0.3 is 0 Å². The minimum absolute atomic E-state index is 0.170. The fourth-order valence-electron chi connectivity index (χ4n) is 1.54. The number of aromatic nitrogens is 2. The van der Waals surface area contributed by atoms with Crippen molar-refractivity contribution in [2.75, 3.05) is 0 Å². The van der Waals surface area contributed by atoms with Crippen LogP contribution in [-0.2, 0) is 0 Å². The molecule has 0 fully saturated rings. The fourth-order valence-corrected chi connectivity index (χ4v) is 1.80. The van der Waals surface area contributed by atoms with Gasteiger partial charge in [-0.25, -0.2) is 0 Å². The summed E-state index contributed by atoms with van der Waals surface area (Å²) in [5.41, 5.74) is 6.84. The first-order valence-electron chi connectivity index (χ1n) is 5.56. The Bertz CT molecular complexity index is 481. The molecule has 2 N–H and O–H groups in total. The number of halogens is 1. The van der Waals surface area contributed by atoms with Gasteiger partial charge < -0.3 is 10.3 Å². The van der Waals surface area contributed by atoms with Crippen LogP contribution in [0.4, 0.5) is 0 Å². The molecule has 0 radical (unpaired) electrons. The molecular formula is C12H14BrN3O. The molecule has 2 rings (SSSR count). The van der Waals surface area contributed by atoms with E-state index in [4.69, 9.17) is 10.3 Å². The number of rotatable bonds is 4. The molecule has 0 aliphatic heterocycles. The Morgan fingerprint density at radius 2 is 2.06 bits per heavy atom. The van der Waals surface area contributed by atoms with Gasteiger partial charge in [-0.15, -0.1) is 0 Å². The topological polar surface area (TPSA) is 64.9 Å². The fraction of sp³-hybridized carbons (Fsp3) is 0.333. The SMILES string of the molecule is CCC[C@H](N)c1nc(-c2ccc(Br)cc2)no1. The standard InChI is InChI=1S/C12H14BrN3O/c1-2-3-10(14)12-15-11(16-17-12)8-4-6-9(13)7-5-8/h4-7,10H,2-3,14H2,1H3/t10-/m0/s1. The van der Waals surface area contributed by atoms with Crippen molar-refractivity contribution in [3.63, 3.8) is 0 Å². The molecule has 90 valence electrons. The van der Waals surface area contributed by atoms with Crippen molar-refractivity contribution in [2.45, 2.75) is 25.8 Å². The van der Waals surface area contributed by atoms with E-state index in [0.717, 1.165) is 22.9 Å². The smallest absolute Gasteiger partial charge is 0.243 e. The van der Waals surface area contributed by atoms with E-state index in [9.17, 15) is 0 Å². The van der Waals surface area contributed by atoms with Crippen LogP contribution < -0.4 is 5.73 Å². The van der Waals surface area contributed by atoms with E-state index >= 15 is 0 Å². The first-order chi connectivity index (χ1) is 8.20. The van der Waals surface area contributed by atoms with Gasteiger partial charge in [0, 0.05) is 10.0 Å². The minimum Gasteiger partial charge on any atom is -0.337 e. The monoisotopic (exact) mass is 295 g/mol. The summed E-state index contributed by atoms with van der Waals surface area (Å²) in [7, 11) is 0. The zero-order valence-corrected chi connectivity index (χ0v) is 11.1.